The second-order valence-corrected chi connectivity index (χ2v) is 8.90. The molecular weight excluding hydrogens is 450 g/mol. The molecule has 1 aromatic heterocycles. The predicted molar refractivity (Wildman–Crippen MR) is 133 cm³/mol. The van der Waals surface area contributed by atoms with E-state index in [2.05, 4.69) is 26.7 Å². The smallest absolute Gasteiger partial charge is 0.239 e. The molecule has 1 aliphatic rings. The molecule has 1 aliphatic heterocycles. The number of nitrogens with one attached hydrogen (secondary N) is 1. The molecule has 3 aromatic rings. The largest absolute Gasteiger partial charge is 0.497 e. The molecule has 0 spiro atoms. The molecule has 0 unspecified atom stereocenters. The van der Waals surface area contributed by atoms with Gasteiger partial charge >= 0.3 is 0 Å². The first-order valence-corrected chi connectivity index (χ1v) is 12.3. The molecule has 1 amide bonds. The molecule has 0 bridgehead atoms. The second-order valence-electron chi connectivity index (χ2n) is 8.17. The van der Waals surface area contributed by atoms with Crippen LogP contribution in [0.25, 0.3) is 0 Å². The summed E-state index contributed by atoms with van der Waals surface area (Å²) in [5.74, 6) is 1.53. The number of nitrogens with zero attached hydrogens (tertiary/aromatic N) is 4. The number of hydrogen-bond acceptors (Lipinski definition) is 8. The van der Waals surface area contributed by atoms with E-state index in [4.69, 9.17) is 14.5 Å². The number of morpholine rings is 1. The number of aromatic nitrogens is 2. The van der Waals surface area contributed by atoms with Crippen LogP contribution in [0.1, 0.15) is 17.0 Å². The normalized spacial score (nSPS) is 14.0. The lowest BCUT2D eigenvalue weighted by molar-refractivity contribution is -0.119. The third-order valence-corrected chi connectivity index (χ3v) is 6.44. The van der Waals surface area contributed by atoms with Crippen LogP contribution in [0, 0.1) is 0 Å². The van der Waals surface area contributed by atoms with Gasteiger partial charge in [-0.1, -0.05) is 42.5 Å². The number of carbonyl (C=O) groups excluding carboxylic acids is 1. The van der Waals surface area contributed by atoms with Gasteiger partial charge in [0, 0.05) is 50.7 Å². The molecule has 9 heteroatoms. The summed E-state index contributed by atoms with van der Waals surface area (Å²) in [4.78, 5) is 21.8. The summed E-state index contributed by atoms with van der Waals surface area (Å²) in [6, 6.07) is 18.0. The Balaban J connectivity index is 1.39. The van der Waals surface area contributed by atoms with E-state index < -0.39 is 0 Å². The van der Waals surface area contributed by atoms with E-state index in [1.807, 2.05) is 47.4 Å². The van der Waals surface area contributed by atoms with Crippen molar-refractivity contribution in [2.45, 2.75) is 13.0 Å². The maximum Gasteiger partial charge on any atom is 0.239 e. The van der Waals surface area contributed by atoms with Gasteiger partial charge < -0.3 is 19.7 Å². The SMILES string of the molecule is COc1cccc(Cc2nsc(N(CC(=O)NCCN3CCOCC3)Cc3ccccc3)n2)c1. The number of ether oxygens (including phenoxy) is 2. The minimum absolute atomic E-state index is 0.0197. The number of amides is 1. The number of methoxy groups -OCH3 is 1. The van der Waals surface area contributed by atoms with Gasteiger partial charge in [0.1, 0.15) is 11.6 Å². The highest BCUT2D eigenvalue weighted by Crippen LogP contribution is 2.22. The van der Waals surface area contributed by atoms with Gasteiger partial charge in [0.25, 0.3) is 0 Å². The lowest BCUT2D eigenvalue weighted by Crippen LogP contribution is -2.43. The monoisotopic (exact) mass is 481 g/mol. The average molecular weight is 482 g/mol. The maximum absolute atomic E-state index is 12.8. The first-order chi connectivity index (χ1) is 16.7. The molecule has 4 rings (SSSR count). The van der Waals surface area contributed by atoms with Crippen LogP contribution in [0.2, 0.25) is 0 Å². The van der Waals surface area contributed by atoms with Gasteiger partial charge in [-0.15, -0.1) is 0 Å². The van der Waals surface area contributed by atoms with E-state index in [0.717, 1.165) is 60.7 Å². The minimum Gasteiger partial charge on any atom is -0.497 e. The molecule has 180 valence electrons. The quantitative estimate of drug-likeness (QED) is 0.451. The Morgan fingerprint density at radius 2 is 1.94 bits per heavy atom. The lowest BCUT2D eigenvalue weighted by Gasteiger charge is -2.26. The van der Waals surface area contributed by atoms with Gasteiger partial charge in [0.15, 0.2) is 0 Å². The molecule has 1 saturated heterocycles. The van der Waals surface area contributed by atoms with E-state index >= 15 is 0 Å². The van der Waals surface area contributed by atoms with Crippen molar-refractivity contribution >= 4 is 22.6 Å². The Morgan fingerprint density at radius 1 is 1.15 bits per heavy atom. The van der Waals surface area contributed by atoms with Crippen molar-refractivity contribution < 1.29 is 14.3 Å². The van der Waals surface area contributed by atoms with Crippen LogP contribution >= 0.6 is 11.5 Å². The third-order valence-electron chi connectivity index (χ3n) is 5.63. The average Bonchev–Trinajstić information content (AvgIpc) is 3.33. The van der Waals surface area contributed by atoms with Crippen LogP contribution in [0.4, 0.5) is 5.13 Å². The Hall–Kier alpha value is -3.01. The Bertz CT molecular complexity index is 1040. The van der Waals surface area contributed by atoms with Crippen molar-refractivity contribution in [2.75, 3.05) is 57.9 Å². The zero-order valence-electron chi connectivity index (χ0n) is 19.5. The van der Waals surface area contributed by atoms with Crippen LogP contribution < -0.4 is 15.0 Å². The van der Waals surface area contributed by atoms with Gasteiger partial charge in [0.05, 0.1) is 26.9 Å². The van der Waals surface area contributed by atoms with Crippen molar-refractivity contribution in [3.05, 3.63) is 71.5 Å². The van der Waals surface area contributed by atoms with E-state index in [1.165, 1.54) is 11.5 Å². The first kappa shape index (κ1) is 24.1. The Kier molecular flexibility index (Phi) is 8.84. The van der Waals surface area contributed by atoms with Gasteiger partial charge in [-0.05, 0) is 23.3 Å². The summed E-state index contributed by atoms with van der Waals surface area (Å²) < 4.78 is 15.3. The lowest BCUT2D eigenvalue weighted by atomic mass is 10.1. The van der Waals surface area contributed by atoms with Gasteiger partial charge in [-0.2, -0.15) is 4.37 Å². The zero-order chi connectivity index (χ0) is 23.6. The standard InChI is InChI=1S/C25H31N5O3S/c1-32-22-9-5-8-21(16-22)17-23-27-25(34-28-23)30(18-20-6-3-2-4-7-20)19-24(31)26-10-11-29-12-14-33-15-13-29/h2-9,16H,10-15,17-19H2,1H3,(H,26,31). The molecule has 0 saturated carbocycles. The molecule has 0 atom stereocenters. The second kappa shape index (κ2) is 12.5. The summed E-state index contributed by atoms with van der Waals surface area (Å²) in [7, 11) is 1.66. The Morgan fingerprint density at radius 3 is 2.74 bits per heavy atom. The molecule has 2 heterocycles. The number of benzene rings is 2. The number of anilines is 1. The highest BCUT2D eigenvalue weighted by molar-refractivity contribution is 7.09. The van der Waals surface area contributed by atoms with Crippen LogP contribution in [-0.2, 0) is 22.5 Å². The van der Waals surface area contributed by atoms with Crippen LogP contribution in [0.15, 0.2) is 54.6 Å². The van der Waals surface area contributed by atoms with Crippen molar-refractivity contribution in [1.29, 1.82) is 0 Å². The summed E-state index contributed by atoms with van der Waals surface area (Å²) in [5.41, 5.74) is 2.20. The van der Waals surface area contributed by atoms with Crippen molar-refractivity contribution in [3.8, 4) is 5.75 Å². The fourth-order valence-electron chi connectivity index (χ4n) is 3.81. The fraction of sp³-hybridized carbons (Fsp3) is 0.400. The minimum atomic E-state index is -0.0197. The molecule has 8 nitrogen and oxygen atoms in total. The first-order valence-electron chi connectivity index (χ1n) is 11.5. The summed E-state index contributed by atoms with van der Waals surface area (Å²) >= 11 is 1.33. The zero-order valence-corrected chi connectivity index (χ0v) is 20.3. The van der Waals surface area contributed by atoms with Crippen molar-refractivity contribution in [1.82, 2.24) is 19.6 Å². The number of carbonyl (C=O) groups is 1. The molecule has 0 aliphatic carbocycles. The Labute approximate surface area is 204 Å². The van der Waals surface area contributed by atoms with Crippen LogP contribution in [0.5, 0.6) is 5.75 Å². The molecule has 2 aromatic carbocycles. The molecular formula is C25H31N5O3S. The van der Waals surface area contributed by atoms with E-state index in [1.54, 1.807) is 7.11 Å². The summed E-state index contributed by atoms with van der Waals surface area (Å²) in [6.07, 6.45) is 0.610. The molecule has 34 heavy (non-hydrogen) atoms. The van der Waals surface area contributed by atoms with E-state index in [0.29, 0.717) is 19.5 Å². The van der Waals surface area contributed by atoms with E-state index in [-0.39, 0.29) is 12.5 Å². The predicted octanol–water partition coefficient (Wildman–Crippen LogP) is 2.59. The highest BCUT2D eigenvalue weighted by Gasteiger charge is 2.18. The van der Waals surface area contributed by atoms with Gasteiger partial charge in [-0.25, -0.2) is 4.98 Å². The molecule has 0 radical (unpaired) electrons. The van der Waals surface area contributed by atoms with Crippen LogP contribution in [0.3, 0.4) is 0 Å². The summed E-state index contributed by atoms with van der Waals surface area (Å²) in [5, 5.41) is 3.80. The fourth-order valence-corrected chi connectivity index (χ4v) is 4.50. The highest BCUT2D eigenvalue weighted by atomic mass is 32.1. The summed E-state index contributed by atoms with van der Waals surface area (Å²) in [6.45, 7) is 5.61. The van der Waals surface area contributed by atoms with Crippen LogP contribution in [-0.4, -0.2) is 73.2 Å². The van der Waals surface area contributed by atoms with Crippen molar-refractivity contribution in [3.63, 3.8) is 0 Å². The van der Waals surface area contributed by atoms with Crippen molar-refractivity contribution in [2.24, 2.45) is 0 Å². The third kappa shape index (κ3) is 7.24. The van der Waals surface area contributed by atoms with E-state index in [9.17, 15) is 4.79 Å². The topological polar surface area (TPSA) is 79.8 Å². The molecule has 1 N–H and O–H groups in total. The number of rotatable bonds is 11. The van der Waals surface area contributed by atoms with Gasteiger partial charge in [-0.3, -0.25) is 9.69 Å². The van der Waals surface area contributed by atoms with Gasteiger partial charge in [0.2, 0.25) is 11.0 Å². The number of hydrogen-bond donors (Lipinski definition) is 1. The maximum atomic E-state index is 12.8. The molecule has 1 fully saturated rings.